The summed E-state index contributed by atoms with van der Waals surface area (Å²) < 4.78 is 0.993. The number of nitrogens with one attached hydrogen (secondary N) is 2. The van der Waals surface area contributed by atoms with Gasteiger partial charge in [0.25, 0.3) is 0 Å². The van der Waals surface area contributed by atoms with E-state index >= 15 is 0 Å². The molecule has 0 saturated heterocycles. The van der Waals surface area contributed by atoms with Crippen molar-refractivity contribution in [3.63, 3.8) is 0 Å². The van der Waals surface area contributed by atoms with Crippen LogP contribution in [0.4, 0.5) is 5.69 Å². The smallest absolute Gasteiger partial charge is 0.185 e. The first-order chi connectivity index (χ1) is 5.72. The molecule has 0 unspecified atom stereocenters. The number of benzene rings is 1. The molecule has 0 radical (unpaired) electrons. The molecule has 0 aromatic heterocycles. The van der Waals surface area contributed by atoms with Gasteiger partial charge in [0.1, 0.15) is 0 Å². The van der Waals surface area contributed by atoms with Crippen LogP contribution in [0.15, 0.2) is 28.7 Å². The van der Waals surface area contributed by atoms with E-state index < -0.39 is 0 Å². The van der Waals surface area contributed by atoms with Gasteiger partial charge in [0.15, 0.2) is 5.11 Å². The third kappa shape index (κ3) is 2.77. The van der Waals surface area contributed by atoms with Gasteiger partial charge in [-0.05, 0) is 30.4 Å². The van der Waals surface area contributed by atoms with Crippen LogP contribution < -0.4 is 16.6 Å². The lowest BCUT2D eigenvalue weighted by atomic mass is 10.3. The molecule has 12 heavy (non-hydrogen) atoms. The molecule has 0 aliphatic rings. The van der Waals surface area contributed by atoms with Gasteiger partial charge in [0, 0.05) is 10.2 Å². The molecule has 0 fully saturated rings. The van der Waals surface area contributed by atoms with Crippen molar-refractivity contribution in [2.24, 2.45) is 5.84 Å². The minimum absolute atomic E-state index is 0.396. The first kappa shape index (κ1) is 9.44. The number of rotatable bonds is 1. The zero-order valence-electron chi connectivity index (χ0n) is 6.17. The Morgan fingerprint density at radius 2 is 2.25 bits per heavy atom. The van der Waals surface area contributed by atoms with Crippen molar-refractivity contribution < 1.29 is 0 Å². The lowest BCUT2D eigenvalue weighted by Crippen LogP contribution is -2.34. The van der Waals surface area contributed by atoms with Crippen molar-refractivity contribution in [3.05, 3.63) is 28.7 Å². The van der Waals surface area contributed by atoms with Crippen LogP contribution in [0.1, 0.15) is 0 Å². The number of thiocarbonyl (C=S) groups is 1. The molecule has 1 aromatic rings. The normalized spacial score (nSPS) is 9.17. The van der Waals surface area contributed by atoms with Gasteiger partial charge in [0.05, 0.1) is 0 Å². The van der Waals surface area contributed by atoms with Crippen molar-refractivity contribution in [1.82, 2.24) is 5.43 Å². The molecular formula is C7H8BrN3S. The van der Waals surface area contributed by atoms with E-state index in [1.54, 1.807) is 0 Å². The molecule has 0 saturated carbocycles. The minimum atomic E-state index is 0.396. The fourth-order valence-electron chi connectivity index (χ4n) is 0.733. The van der Waals surface area contributed by atoms with Crippen molar-refractivity contribution in [2.45, 2.75) is 0 Å². The summed E-state index contributed by atoms with van der Waals surface area (Å²) in [7, 11) is 0. The molecule has 0 spiro atoms. The maximum absolute atomic E-state index is 5.09. The Balaban J connectivity index is 2.69. The fourth-order valence-corrected chi connectivity index (χ4v) is 1.25. The molecule has 0 heterocycles. The first-order valence-electron chi connectivity index (χ1n) is 3.25. The number of halogens is 1. The van der Waals surface area contributed by atoms with Crippen molar-refractivity contribution >= 4 is 38.9 Å². The molecule has 0 aliphatic heterocycles. The molecule has 64 valence electrons. The van der Waals surface area contributed by atoms with Gasteiger partial charge >= 0.3 is 0 Å². The fraction of sp³-hybridized carbons (Fsp3) is 0. The minimum Gasteiger partial charge on any atom is -0.332 e. The summed E-state index contributed by atoms with van der Waals surface area (Å²) in [4.78, 5) is 0. The average molecular weight is 246 g/mol. The molecule has 0 aliphatic carbocycles. The first-order valence-corrected chi connectivity index (χ1v) is 4.45. The zero-order valence-corrected chi connectivity index (χ0v) is 8.58. The summed E-state index contributed by atoms with van der Waals surface area (Å²) in [5.41, 5.74) is 3.23. The van der Waals surface area contributed by atoms with E-state index in [0.717, 1.165) is 10.2 Å². The Morgan fingerprint density at radius 3 is 2.83 bits per heavy atom. The third-order valence-corrected chi connectivity index (χ3v) is 1.93. The molecule has 5 heteroatoms. The van der Waals surface area contributed by atoms with E-state index in [9.17, 15) is 0 Å². The number of hydrogen-bond acceptors (Lipinski definition) is 2. The lowest BCUT2D eigenvalue weighted by Gasteiger charge is -2.06. The van der Waals surface area contributed by atoms with E-state index in [-0.39, 0.29) is 0 Å². The number of hydrogen-bond donors (Lipinski definition) is 3. The largest absolute Gasteiger partial charge is 0.332 e. The Hall–Kier alpha value is -0.650. The lowest BCUT2D eigenvalue weighted by molar-refractivity contribution is 1.04. The van der Waals surface area contributed by atoms with Crippen molar-refractivity contribution in [2.75, 3.05) is 5.32 Å². The SMILES string of the molecule is NNC(=S)Nc1cccc(Br)c1. The number of nitrogens with two attached hydrogens (primary N) is 1. The van der Waals surface area contributed by atoms with Gasteiger partial charge < -0.3 is 10.7 Å². The second-order valence-electron chi connectivity index (χ2n) is 2.11. The Labute approximate surface area is 84.4 Å². The van der Waals surface area contributed by atoms with Gasteiger partial charge in [-0.2, -0.15) is 0 Å². The van der Waals surface area contributed by atoms with Crippen molar-refractivity contribution in [1.29, 1.82) is 0 Å². The predicted molar refractivity (Wildman–Crippen MR) is 57.7 cm³/mol. The standard InChI is InChI=1S/C7H8BrN3S/c8-5-2-1-3-6(4-5)10-7(12)11-9/h1-4H,9H2,(H2,10,11,12). The molecule has 0 bridgehead atoms. The van der Waals surface area contributed by atoms with E-state index in [1.807, 2.05) is 24.3 Å². The molecule has 0 amide bonds. The molecule has 1 aromatic carbocycles. The van der Waals surface area contributed by atoms with E-state index in [4.69, 9.17) is 18.1 Å². The van der Waals surface area contributed by atoms with Crippen LogP contribution in [0, 0.1) is 0 Å². The molecule has 4 N–H and O–H groups in total. The summed E-state index contributed by atoms with van der Waals surface area (Å²) in [6.45, 7) is 0. The van der Waals surface area contributed by atoms with Crippen LogP contribution in [0.2, 0.25) is 0 Å². The Bertz CT molecular complexity index is 290. The highest BCUT2D eigenvalue weighted by Gasteiger charge is 1.94. The van der Waals surface area contributed by atoms with E-state index in [1.165, 1.54) is 0 Å². The summed E-state index contributed by atoms with van der Waals surface area (Å²) >= 11 is 8.16. The molecular weight excluding hydrogens is 238 g/mol. The molecule has 0 atom stereocenters. The van der Waals surface area contributed by atoms with E-state index in [2.05, 4.69) is 26.7 Å². The van der Waals surface area contributed by atoms with Crippen LogP contribution in [-0.2, 0) is 0 Å². The summed E-state index contributed by atoms with van der Waals surface area (Å²) in [5, 5.41) is 3.29. The number of hydrazine groups is 1. The van der Waals surface area contributed by atoms with Gasteiger partial charge in [-0.1, -0.05) is 22.0 Å². The second kappa shape index (κ2) is 4.39. The predicted octanol–water partition coefficient (Wildman–Crippen LogP) is 1.61. The molecule has 1 rings (SSSR count). The average Bonchev–Trinajstić information content (AvgIpc) is 2.04. The van der Waals surface area contributed by atoms with Gasteiger partial charge in [-0.25, -0.2) is 5.84 Å². The second-order valence-corrected chi connectivity index (χ2v) is 3.43. The zero-order chi connectivity index (χ0) is 8.97. The van der Waals surface area contributed by atoms with Crippen LogP contribution in [0.25, 0.3) is 0 Å². The maximum Gasteiger partial charge on any atom is 0.185 e. The van der Waals surface area contributed by atoms with Crippen molar-refractivity contribution in [3.8, 4) is 0 Å². The Morgan fingerprint density at radius 1 is 1.50 bits per heavy atom. The van der Waals surface area contributed by atoms with Crippen LogP contribution >= 0.6 is 28.1 Å². The van der Waals surface area contributed by atoms with Gasteiger partial charge in [-0.15, -0.1) is 0 Å². The quantitative estimate of drug-likeness (QED) is 0.400. The number of anilines is 1. The third-order valence-electron chi connectivity index (χ3n) is 1.21. The highest BCUT2D eigenvalue weighted by molar-refractivity contribution is 9.10. The van der Waals surface area contributed by atoms with Gasteiger partial charge in [-0.3, -0.25) is 0 Å². The Kier molecular flexibility index (Phi) is 3.46. The monoisotopic (exact) mass is 245 g/mol. The summed E-state index contributed by atoms with van der Waals surface area (Å²) in [5.74, 6) is 5.09. The molecule has 3 nitrogen and oxygen atoms in total. The topological polar surface area (TPSA) is 50.1 Å². The van der Waals surface area contributed by atoms with E-state index in [0.29, 0.717) is 5.11 Å². The summed E-state index contributed by atoms with van der Waals surface area (Å²) in [6, 6.07) is 7.65. The highest BCUT2D eigenvalue weighted by Crippen LogP contribution is 2.15. The van der Waals surface area contributed by atoms with Crippen LogP contribution in [-0.4, -0.2) is 5.11 Å². The van der Waals surface area contributed by atoms with Crippen LogP contribution in [0.3, 0.4) is 0 Å². The van der Waals surface area contributed by atoms with Gasteiger partial charge in [0.2, 0.25) is 0 Å². The van der Waals surface area contributed by atoms with Crippen LogP contribution in [0.5, 0.6) is 0 Å². The summed E-state index contributed by atoms with van der Waals surface area (Å²) in [6.07, 6.45) is 0. The highest BCUT2D eigenvalue weighted by atomic mass is 79.9. The maximum atomic E-state index is 5.09.